The maximum absolute atomic E-state index is 11.8. The van der Waals surface area contributed by atoms with Gasteiger partial charge in [0.25, 0.3) is 0 Å². The topological polar surface area (TPSA) is 47.6 Å². The highest BCUT2D eigenvalue weighted by Gasteiger charge is 2.21. The van der Waals surface area contributed by atoms with Gasteiger partial charge >= 0.3 is 5.97 Å². The van der Waals surface area contributed by atoms with Crippen LogP contribution in [0.15, 0.2) is 24.3 Å². The highest BCUT2D eigenvalue weighted by atomic mass is 16.6. The molecule has 1 rings (SSSR count). The van der Waals surface area contributed by atoms with Gasteiger partial charge < -0.3 is 14.8 Å². The predicted molar refractivity (Wildman–Crippen MR) is 79.7 cm³/mol. The minimum absolute atomic E-state index is 0.160. The molecule has 4 heteroatoms. The lowest BCUT2D eigenvalue weighted by Gasteiger charge is -2.22. The lowest BCUT2D eigenvalue weighted by molar-refractivity contribution is -0.159. The average Bonchev–Trinajstić information content (AvgIpc) is 2.37. The summed E-state index contributed by atoms with van der Waals surface area (Å²) >= 11 is 0. The molecule has 0 saturated carbocycles. The molecule has 0 saturated heterocycles. The Balaban J connectivity index is 2.34. The molecule has 4 nitrogen and oxygen atoms in total. The Morgan fingerprint density at radius 3 is 2.35 bits per heavy atom. The van der Waals surface area contributed by atoms with Crippen LogP contribution in [-0.2, 0) is 16.1 Å². The second-order valence-electron chi connectivity index (χ2n) is 5.91. The first-order valence-electron chi connectivity index (χ1n) is 6.88. The third kappa shape index (κ3) is 6.06. The number of benzene rings is 1. The molecule has 0 bridgehead atoms. The smallest absolute Gasteiger partial charge is 0.310 e. The van der Waals surface area contributed by atoms with Crippen molar-refractivity contribution < 1.29 is 14.3 Å². The molecule has 0 amide bonds. The number of methoxy groups -OCH3 is 1. The lowest BCUT2D eigenvalue weighted by atomic mass is 10.1. The Morgan fingerprint density at radius 2 is 1.85 bits per heavy atom. The van der Waals surface area contributed by atoms with E-state index in [4.69, 9.17) is 9.47 Å². The van der Waals surface area contributed by atoms with Crippen LogP contribution in [0.3, 0.4) is 0 Å². The van der Waals surface area contributed by atoms with Crippen LogP contribution in [0.4, 0.5) is 0 Å². The van der Waals surface area contributed by atoms with Gasteiger partial charge in [-0.2, -0.15) is 0 Å². The first-order valence-corrected chi connectivity index (χ1v) is 6.88. The Labute approximate surface area is 121 Å². The summed E-state index contributed by atoms with van der Waals surface area (Å²) in [7, 11) is 1.65. The molecule has 0 fully saturated rings. The van der Waals surface area contributed by atoms with Crippen molar-refractivity contribution in [3.05, 3.63) is 29.8 Å². The number of hydrogen-bond acceptors (Lipinski definition) is 4. The van der Waals surface area contributed by atoms with E-state index >= 15 is 0 Å². The molecule has 0 radical (unpaired) electrons. The van der Waals surface area contributed by atoms with E-state index in [9.17, 15) is 4.79 Å². The third-order valence-electron chi connectivity index (χ3n) is 2.75. The number of esters is 1. The number of ether oxygens (including phenoxy) is 2. The van der Waals surface area contributed by atoms with Gasteiger partial charge in [0.05, 0.1) is 13.0 Å². The van der Waals surface area contributed by atoms with Gasteiger partial charge in [0, 0.05) is 13.1 Å². The van der Waals surface area contributed by atoms with Gasteiger partial charge in [0.2, 0.25) is 0 Å². The number of rotatable bonds is 6. The summed E-state index contributed by atoms with van der Waals surface area (Å²) in [5, 5.41) is 3.26. The van der Waals surface area contributed by atoms with E-state index in [0.29, 0.717) is 6.54 Å². The number of carbonyl (C=O) groups is 1. The number of hydrogen-bond donors (Lipinski definition) is 1. The molecular formula is C16H25NO3. The molecule has 0 aliphatic carbocycles. The average molecular weight is 279 g/mol. The summed E-state index contributed by atoms with van der Waals surface area (Å²) in [5.74, 6) is 0.517. The highest BCUT2D eigenvalue weighted by molar-refractivity contribution is 5.72. The van der Waals surface area contributed by atoms with E-state index in [0.717, 1.165) is 17.9 Å². The van der Waals surface area contributed by atoms with Crippen LogP contribution in [0, 0.1) is 5.92 Å². The zero-order chi connectivity index (χ0) is 15.2. The van der Waals surface area contributed by atoms with Crippen molar-refractivity contribution in [1.29, 1.82) is 0 Å². The molecule has 1 unspecified atom stereocenters. The Kier molecular flexibility index (Phi) is 6.02. The van der Waals surface area contributed by atoms with Crippen LogP contribution in [0.5, 0.6) is 5.75 Å². The van der Waals surface area contributed by atoms with Gasteiger partial charge in [-0.1, -0.05) is 19.1 Å². The number of nitrogens with one attached hydrogen (secondary N) is 1. The van der Waals surface area contributed by atoms with Gasteiger partial charge in [-0.25, -0.2) is 0 Å². The van der Waals surface area contributed by atoms with Crippen molar-refractivity contribution in [2.75, 3.05) is 13.7 Å². The standard InChI is InChI=1S/C16H25NO3/c1-12(15(18)20-16(2,3)4)10-17-11-13-6-8-14(19-5)9-7-13/h6-9,12,17H,10-11H2,1-5H3. The fourth-order valence-electron chi connectivity index (χ4n) is 1.66. The fraction of sp³-hybridized carbons (Fsp3) is 0.562. The van der Waals surface area contributed by atoms with Crippen LogP contribution in [0.1, 0.15) is 33.3 Å². The van der Waals surface area contributed by atoms with Crippen LogP contribution >= 0.6 is 0 Å². The molecule has 1 aromatic carbocycles. The van der Waals surface area contributed by atoms with Crippen molar-refractivity contribution in [3.8, 4) is 5.75 Å². The summed E-state index contributed by atoms with van der Waals surface area (Å²) in [6.07, 6.45) is 0. The second kappa shape index (κ2) is 7.29. The van der Waals surface area contributed by atoms with E-state index in [2.05, 4.69) is 5.32 Å². The van der Waals surface area contributed by atoms with Crippen LogP contribution in [-0.4, -0.2) is 25.2 Å². The van der Waals surface area contributed by atoms with Crippen LogP contribution in [0.2, 0.25) is 0 Å². The molecule has 20 heavy (non-hydrogen) atoms. The molecule has 0 aliphatic heterocycles. The van der Waals surface area contributed by atoms with Gasteiger partial charge in [-0.3, -0.25) is 4.79 Å². The minimum Gasteiger partial charge on any atom is -0.497 e. The van der Waals surface area contributed by atoms with E-state index in [1.807, 2.05) is 52.0 Å². The quantitative estimate of drug-likeness (QED) is 0.813. The van der Waals surface area contributed by atoms with Gasteiger partial charge in [0.1, 0.15) is 11.4 Å². The largest absolute Gasteiger partial charge is 0.497 e. The van der Waals surface area contributed by atoms with E-state index in [-0.39, 0.29) is 11.9 Å². The van der Waals surface area contributed by atoms with E-state index in [1.165, 1.54) is 0 Å². The van der Waals surface area contributed by atoms with Gasteiger partial charge in [0.15, 0.2) is 0 Å². The summed E-state index contributed by atoms with van der Waals surface area (Å²) < 4.78 is 10.4. The normalized spacial score (nSPS) is 12.8. The summed E-state index contributed by atoms with van der Waals surface area (Å²) in [4.78, 5) is 11.8. The van der Waals surface area contributed by atoms with Crippen molar-refractivity contribution in [1.82, 2.24) is 5.32 Å². The molecule has 0 aliphatic rings. The van der Waals surface area contributed by atoms with E-state index < -0.39 is 5.60 Å². The molecular weight excluding hydrogens is 254 g/mol. The summed E-state index contributed by atoms with van der Waals surface area (Å²) in [5.41, 5.74) is 0.726. The molecule has 1 N–H and O–H groups in total. The maximum atomic E-state index is 11.8. The minimum atomic E-state index is -0.429. The fourth-order valence-corrected chi connectivity index (χ4v) is 1.66. The summed E-state index contributed by atoms with van der Waals surface area (Å²) in [6.45, 7) is 8.82. The van der Waals surface area contributed by atoms with Crippen LogP contribution < -0.4 is 10.1 Å². The molecule has 0 aromatic heterocycles. The Hall–Kier alpha value is -1.55. The Bertz CT molecular complexity index is 420. The van der Waals surface area contributed by atoms with Crippen molar-refractivity contribution in [2.24, 2.45) is 5.92 Å². The monoisotopic (exact) mass is 279 g/mol. The summed E-state index contributed by atoms with van der Waals surface area (Å²) in [6, 6.07) is 7.86. The highest BCUT2D eigenvalue weighted by Crippen LogP contribution is 2.12. The SMILES string of the molecule is COc1ccc(CNCC(C)C(=O)OC(C)(C)C)cc1. The first kappa shape index (κ1) is 16.5. The third-order valence-corrected chi connectivity index (χ3v) is 2.75. The van der Waals surface area contributed by atoms with Crippen LogP contribution in [0.25, 0.3) is 0 Å². The molecule has 0 heterocycles. The zero-order valence-electron chi connectivity index (χ0n) is 13.0. The number of carbonyl (C=O) groups excluding carboxylic acids is 1. The first-order chi connectivity index (χ1) is 9.31. The molecule has 1 atom stereocenters. The zero-order valence-corrected chi connectivity index (χ0v) is 13.0. The van der Waals surface area contributed by atoms with Gasteiger partial charge in [-0.15, -0.1) is 0 Å². The van der Waals surface area contributed by atoms with Gasteiger partial charge in [-0.05, 0) is 38.5 Å². The second-order valence-corrected chi connectivity index (χ2v) is 5.91. The lowest BCUT2D eigenvalue weighted by Crippen LogP contribution is -2.32. The molecule has 1 aromatic rings. The van der Waals surface area contributed by atoms with Crippen molar-refractivity contribution in [2.45, 2.75) is 39.8 Å². The van der Waals surface area contributed by atoms with E-state index in [1.54, 1.807) is 7.11 Å². The maximum Gasteiger partial charge on any atom is 0.310 e. The predicted octanol–water partition coefficient (Wildman–Crippen LogP) is 2.76. The van der Waals surface area contributed by atoms with Crippen molar-refractivity contribution in [3.63, 3.8) is 0 Å². The molecule has 112 valence electrons. The molecule has 0 spiro atoms. The van der Waals surface area contributed by atoms with Crippen molar-refractivity contribution >= 4 is 5.97 Å². The Morgan fingerprint density at radius 1 is 1.25 bits per heavy atom.